The van der Waals surface area contributed by atoms with E-state index in [-0.39, 0.29) is 6.10 Å². The predicted molar refractivity (Wildman–Crippen MR) is 57.7 cm³/mol. The lowest BCUT2D eigenvalue weighted by atomic mass is 10.2. The van der Waals surface area contributed by atoms with E-state index in [1.807, 2.05) is 19.1 Å². The Kier molecular flexibility index (Phi) is 7.64. The molecular weight excluding hydrogens is 176 g/mol. The van der Waals surface area contributed by atoms with Crippen molar-refractivity contribution in [3.05, 3.63) is 12.2 Å². The molecule has 0 unspecified atom stereocenters. The molecule has 0 amide bonds. The molecule has 0 aromatic heterocycles. The largest absolute Gasteiger partial charge is 0.449 e. The summed E-state index contributed by atoms with van der Waals surface area (Å²) in [6, 6.07) is 0. The van der Waals surface area contributed by atoms with E-state index in [4.69, 9.17) is 4.74 Å². The maximum absolute atomic E-state index is 10.9. The van der Waals surface area contributed by atoms with Gasteiger partial charge in [-0.15, -0.1) is 0 Å². The Morgan fingerprint density at radius 3 is 2.86 bits per heavy atom. The lowest BCUT2D eigenvalue weighted by Gasteiger charge is -2.04. The van der Waals surface area contributed by atoms with Crippen molar-refractivity contribution in [1.29, 1.82) is 0 Å². The Balaban J connectivity index is 3.72. The van der Waals surface area contributed by atoms with Gasteiger partial charge < -0.3 is 4.74 Å². The van der Waals surface area contributed by atoms with E-state index in [0.717, 1.165) is 6.42 Å². The second kappa shape index (κ2) is 8.37. The van der Waals surface area contributed by atoms with Gasteiger partial charge in [-0.1, -0.05) is 31.8 Å². The van der Waals surface area contributed by atoms with E-state index in [1.165, 1.54) is 12.8 Å². The lowest BCUT2D eigenvalue weighted by molar-refractivity contribution is -0.139. The van der Waals surface area contributed by atoms with E-state index in [1.54, 1.807) is 6.92 Å². The minimum absolute atomic E-state index is 0.180. The highest BCUT2D eigenvalue weighted by Gasteiger charge is 2.01. The normalized spacial score (nSPS) is 11.9. The highest BCUT2D eigenvalue weighted by Crippen LogP contribution is 1.99. The van der Waals surface area contributed by atoms with Crippen molar-refractivity contribution in [3.8, 4) is 11.8 Å². The van der Waals surface area contributed by atoms with Crippen LogP contribution in [0.4, 0.5) is 0 Å². The molecule has 14 heavy (non-hydrogen) atoms. The number of hydrogen-bond donors (Lipinski definition) is 0. The van der Waals surface area contributed by atoms with Crippen molar-refractivity contribution >= 4 is 5.97 Å². The Labute approximate surface area is 86.3 Å². The van der Waals surface area contributed by atoms with Crippen LogP contribution < -0.4 is 0 Å². The maximum atomic E-state index is 10.9. The SMILES string of the molecule is CC#CC(=O)O[C@@H](C)/C=C/CCCC. The third-order valence-corrected chi connectivity index (χ3v) is 1.65. The molecular formula is C12H18O2. The first-order valence-corrected chi connectivity index (χ1v) is 5.00. The van der Waals surface area contributed by atoms with Gasteiger partial charge in [0.25, 0.3) is 0 Å². The summed E-state index contributed by atoms with van der Waals surface area (Å²) in [5.41, 5.74) is 0. The van der Waals surface area contributed by atoms with Crippen molar-refractivity contribution in [2.24, 2.45) is 0 Å². The molecule has 2 nitrogen and oxygen atoms in total. The molecule has 0 saturated heterocycles. The zero-order chi connectivity index (χ0) is 10.8. The number of unbranched alkanes of at least 4 members (excludes halogenated alkanes) is 2. The van der Waals surface area contributed by atoms with Gasteiger partial charge in [-0.25, -0.2) is 4.79 Å². The zero-order valence-corrected chi connectivity index (χ0v) is 9.17. The molecule has 1 atom stereocenters. The van der Waals surface area contributed by atoms with Crippen LogP contribution in [0.1, 0.15) is 40.0 Å². The number of esters is 1. The van der Waals surface area contributed by atoms with Gasteiger partial charge in [0.1, 0.15) is 6.10 Å². The third kappa shape index (κ3) is 7.42. The fourth-order valence-electron chi connectivity index (χ4n) is 0.949. The topological polar surface area (TPSA) is 26.3 Å². The fraction of sp³-hybridized carbons (Fsp3) is 0.583. The first kappa shape index (κ1) is 12.8. The maximum Gasteiger partial charge on any atom is 0.384 e. The predicted octanol–water partition coefficient (Wildman–Crippen LogP) is 2.69. The van der Waals surface area contributed by atoms with Crippen molar-refractivity contribution in [2.45, 2.75) is 46.1 Å². The van der Waals surface area contributed by atoms with E-state index < -0.39 is 5.97 Å². The number of allylic oxidation sites excluding steroid dienone is 1. The minimum atomic E-state index is -0.458. The molecule has 0 rings (SSSR count). The molecule has 2 heteroatoms. The molecule has 0 aromatic carbocycles. The Bertz CT molecular complexity index is 243. The number of ether oxygens (including phenoxy) is 1. The van der Waals surface area contributed by atoms with Crippen molar-refractivity contribution in [1.82, 2.24) is 0 Å². The van der Waals surface area contributed by atoms with Gasteiger partial charge in [-0.3, -0.25) is 0 Å². The van der Waals surface area contributed by atoms with Gasteiger partial charge in [0.05, 0.1) is 0 Å². The van der Waals surface area contributed by atoms with E-state index in [0.29, 0.717) is 0 Å². The van der Waals surface area contributed by atoms with Gasteiger partial charge in [0, 0.05) is 5.92 Å². The first-order valence-electron chi connectivity index (χ1n) is 5.00. The van der Waals surface area contributed by atoms with E-state index in [2.05, 4.69) is 18.8 Å². The van der Waals surface area contributed by atoms with Gasteiger partial charge >= 0.3 is 5.97 Å². The number of carbonyl (C=O) groups excluding carboxylic acids is 1. The van der Waals surface area contributed by atoms with Gasteiger partial charge in [0.2, 0.25) is 0 Å². The van der Waals surface area contributed by atoms with Crippen molar-refractivity contribution in [3.63, 3.8) is 0 Å². The molecule has 0 saturated carbocycles. The summed E-state index contributed by atoms with van der Waals surface area (Å²) < 4.78 is 4.97. The molecule has 78 valence electrons. The van der Waals surface area contributed by atoms with Crippen LogP contribution in [0.5, 0.6) is 0 Å². The standard InChI is InChI=1S/C12H18O2/c1-4-6-7-8-10-11(3)14-12(13)9-5-2/h8,10-11H,4,6-7H2,1-3H3/b10-8+/t11-/m0/s1. The molecule has 0 aliphatic rings. The van der Waals surface area contributed by atoms with Crippen molar-refractivity contribution in [2.75, 3.05) is 0 Å². The van der Waals surface area contributed by atoms with Crippen LogP contribution in [0.15, 0.2) is 12.2 Å². The van der Waals surface area contributed by atoms with Crippen LogP contribution in [0.25, 0.3) is 0 Å². The van der Waals surface area contributed by atoms with Crippen LogP contribution in [0, 0.1) is 11.8 Å². The first-order chi connectivity index (χ1) is 6.70. The second-order valence-electron chi connectivity index (χ2n) is 3.06. The zero-order valence-electron chi connectivity index (χ0n) is 9.17. The Morgan fingerprint density at radius 1 is 1.57 bits per heavy atom. The second-order valence-corrected chi connectivity index (χ2v) is 3.06. The summed E-state index contributed by atoms with van der Waals surface area (Å²) in [5, 5.41) is 0. The quantitative estimate of drug-likeness (QED) is 0.221. The molecule has 0 bridgehead atoms. The van der Waals surface area contributed by atoms with E-state index >= 15 is 0 Å². The molecule has 0 aliphatic carbocycles. The summed E-state index contributed by atoms with van der Waals surface area (Å²) in [7, 11) is 0. The molecule has 0 aromatic rings. The summed E-state index contributed by atoms with van der Waals surface area (Å²) in [6.07, 6.45) is 7.15. The molecule has 0 aliphatic heterocycles. The van der Waals surface area contributed by atoms with Crippen LogP contribution >= 0.6 is 0 Å². The Morgan fingerprint density at radius 2 is 2.29 bits per heavy atom. The summed E-state index contributed by atoms with van der Waals surface area (Å²) in [5.74, 6) is 4.38. The average molecular weight is 194 g/mol. The average Bonchev–Trinajstić information content (AvgIpc) is 2.13. The van der Waals surface area contributed by atoms with Gasteiger partial charge in [-0.05, 0) is 26.3 Å². The Hall–Kier alpha value is -1.23. The highest BCUT2D eigenvalue weighted by atomic mass is 16.5. The molecule has 0 fully saturated rings. The molecule has 0 N–H and O–H groups in total. The van der Waals surface area contributed by atoms with Gasteiger partial charge in [-0.2, -0.15) is 0 Å². The number of carbonyl (C=O) groups is 1. The minimum Gasteiger partial charge on any atom is -0.449 e. The van der Waals surface area contributed by atoms with Crippen LogP contribution in [-0.2, 0) is 9.53 Å². The van der Waals surface area contributed by atoms with Crippen LogP contribution in [0.2, 0.25) is 0 Å². The third-order valence-electron chi connectivity index (χ3n) is 1.65. The van der Waals surface area contributed by atoms with Crippen LogP contribution in [0.3, 0.4) is 0 Å². The lowest BCUT2D eigenvalue weighted by Crippen LogP contribution is -2.10. The summed E-state index contributed by atoms with van der Waals surface area (Å²) in [4.78, 5) is 10.9. The van der Waals surface area contributed by atoms with Gasteiger partial charge in [0.15, 0.2) is 0 Å². The summed E-state index contributed by atoms with van der Waals surface area (Å²) >= 11 is 0. The fourth-order valence-corrected chi connectivity index (χ4v) is 0.949. The summed E-state index contributed by atoms with van der Waals surface area (Å²) in [6.45, 7) is 5.59. The van der Waals surface area contributed by atoms with Crippen LogP contribution in [-0.4, -0.2) is 12.1 Å². The number of rotatable bonds is 5. The van der Waals surface area contributed by atoms with Crippen molar-refractivity contribution < 1.29 is 9.53 Å². The molecule has 0 radical (unpaired) electrons. The smallest absolute Gasteiger partial charge is 0.384 e. The highest BCUT2D eigenvalue weighted by molar-refractivity contribution is 5.88. The van der Waals surface area contributed by atoms with E-state index in [9.17, 15) is 4.79 Å². The molecule has 0 heterocycles. The number of hydrogen-bond acceptors (Lipinski definition) is 2. The molecule has 0 spiro atoms. The monoisotopic (exact) mass is 194 g/mol.